The molecule has 0 spiro atoms. The summed E-state index contributed by atoms with van der Waals surface area (Å²) in [6, 6.07) is 0. The van der Waals surface area contributed by atoms with Gasteiger partial charge in [0.25, 0.3) is 0 Å². The van der Waals surface area contributed by atoms with Gasteiger partial charge >= 0.3 is 0 Å². The van der Waals surface area contributed by atoms with E-state index in [-0.39, 0.29) is 32.7 Å². The maximum Gasteiger partial charge on any atom is 0 e. The molecule has 0 aliphatic rings. The minimum Gasteiger partial charge on any atom is -0.483 e. The minimum absolute atomic E-state index is 0. The molecule has 3 nitrogen and oxygen atoms in total. The topological polar surface area (TPSA) is 30.7 Å². The molecule has 9 heavy (non-hydrogen) atoms. The van der Waals surface area contributed by atoms with Gasteiger partial charge in [0.1, 0.15) is 0 Å². The van der Waals surface area contributed by atoms with Crippen LogP contribution in [0.4, 0.5) is 0 Å². The van der Waals surface area contributed by atoms with E-state index in [2.05, 4.69) is 16.5 Å². The molecular formula is C5H8N3Y-. The quantitative estimate of drug-likeness (QED) is 0.604. The molecule has 0 aliphatic heterocycles. The van der Waals surface area contributed by atoms with Gasteiger partial charge in [0.15, 0.2) is 0 Å². The molecule has 0 aliphatic carbocycles. The van der Waals surface area contributed by atoms with E-state index in [1.807, 2.05) is 14.0 Å². The van der Waals surface area contributed by atoms with Crippen molar-refractivity contribution in [2.24, 2.45) is 7.05 Å². The Balaban J connectivity index is 0.000000640. The van der Waals surface area contributed by atoms with Crippen molar-refractivity contribution in [2.45, 2.75) is 13.3 Å². The van der Waals surface area contributed by atoms with Crippen LogP contribution >= 0.6 is 0 Å². The summed E-state index contributed by atoms with van der Waals surface area (Å²) in [5, 5.41) is 7.37. The SMILES string of the molecule is CCc1nn[c-]n1C.[Y]. The third-order valence-corrected chi connectivity index (χ3v) is 1.06. The molecule has 0 fully saturated rings. The Morgan fingerprint density at radius 3 is 2.56 bits per heavy atom. The van der Waals surface area contributed by atoms with Gasteiger partial charge in [0.05, 0.1) is 0 Å². The van der Waals surface area contributed by atoms with Crippen LogP contribution in [0.1, 0.15) is 12.7 Å². The van der Waals surface area contributed by atoms with E-state index < -0.39 is 0 Å². The number of rotatable bonds is 1. The Labute approximate surface area is 79.7 Å². The average Bonchev–Trinajstić information content (AvgIpc) is 2.14. The average molecular weight is 199 g/mol. The summed E-state index contributed by atoms with van der Waals surface area (Å²) in [7, 11) is 1.89. The van der Waals surface area contributed by atoms with Gasteiger partial charge < -0.3 is 4.57 Å². The van der Waals surface area contributed by atoms with E-state index in [9.17, 15) is 0 Å². The second-order valence-electron chi connectivity index (χ2n) is 1.63. The number of hydrogen-bond acceptors (Lipinski definition) is 2. The van der Waals surface area contributed by atoms with E-state index in [4.69, 9.17) is 0 Å². The zero-order valence-corrected chi connectivity index (χ0v) is 8.46. The molecule has 0 bridgehead atoms. The summed E-state index contributed by atoms with van der Waals surface area (Å²) >= 11 is 0. The van der Waals surface area contributed by atoms with Crippen molar-refractivity contribution < 1.29 is 32.7 Å². The van der Waals surface area contributed by atoms with Gasteiger partial charge in [0, 0.05) is 32.7 Å². The van der Waals surface area contributed by atoms with E-state index in [0.717, 1.165) is 12.2 Å². The zero-order valence-electron chi connectivity index (χ0n) is 5.63. The fourth-order valence-corrected chi connectivity index (χ4v) is 0.580. The maximum atomic E-state index is 3.79. The molecule has 0 amide bonds. The van der Waals surface area contributed by atoms with Crippen LogP contribution in [0.3, 0.4) is 0 Å². The third kappa shape index (κ3) is 2.14. The van der Waals surface area contributed by atoms with Gasteiger partial charge in [-0.15, -0.1) is 0 Å². The largest absolute Gasteiger partial charge is 0.483 e. The van der Waals surface area contributed by atoms with Gasteiger partial charge in [-0.1, -0.05) is 13.3 Å². The van der Waals surface area contributed by atoms with Gasteiger partial charge in [-0.05, 0) is 19.2 Å². The van der Waals surface area contributed by atoms with Gasteiger partial charge in [-0.25, -0.2) is 0 Å². The van der Waals surface area contributed by atoms with Crippen molar-refractivity contribution in [2.75, 3.05) is 0 Å². The van der Waals surface area contributed by atoms with Crippen LogP contribution < -0.4 is 0 Å². The zero-order chi connectivity index (χ0) is 5.98. The van der Waals surface area contributed by atoms with Crippen molar-refractivity contribution in [3.63, 3.8) is 0 Å². The molecule has 47 valence electrons. The van der Waals surface area contributed by atoms with Gasteiger partial charge in [0.2, 0.25) is 0 Å². The first-order chi connectivity index (χ1) is 3.84. The third-order valence-electron chi connectivity index (χ3n) is 1.06. The molecule has 0 atom stereocenters. The molecule has 0 unspecified atom stereocenters. The maximum absolute atomic E-state index is 3.79. The fourth-order valence-electron chi connectivity index (χ4n) is 0.580. The van der Waals surface area contributed by atoms with E-state index >= 15 is 0 Å². The first kappa shape index (κ1) is 9.24. The Morgan fingerprint density at radius 1 is 1.67 bits per heavy atom. The monoisotopic (exact) mass is 199 g/mol. The van der Waals surface area contributed by atoms with Crippen molar-refractivity contribution in [1.82, 2.24) is 14.8 Å². The van der Waals surface area contributed by atoms with Gasteiger partial charge in [-0.2, -0.15) is 0 Å². The number of nitrogens with zero attached hydrogens (tertiary/aromatic N) is 3. The molecule has 0 saturated carbocycles. The normalized spacial score (nSPS) is 8.67. The molecule has 1 heterocycles. The van der Waals surface area contributed by atoms with Crippen LogP contribution in [0.5, 0.6) is 0 Å². The fraction of sp³-hybridized carbons (Fsp3) is 0.600. The van der Waals surface area contributed by atoms with Crippen molar-refractivity contribution in [3.05, 3.63) is 12.2 Å². The van der Waals surface area contributed by atoms with E-state index in [1.54, 1.807) is 4.57 Å². The Kier molecular flexibility index (Phi) is 4.23. The minimum atomic E-state index is 0. The number of aromatic nitrogens is 3. The standard InChI is InChI=1S/C5H8N3.Y/c1-3-5-7-6-4-8(5)2;/h3H2,1-2H3;/q-1;. The number of hydrogen-bond donors (Lipinski definition) is 0. The van der Waals surface area contributed by atoms with Crippen LogP contribution in [-0.2, 0) is 46.2 Å². The molecule has 1 radical (unpaired) electrons. The summed E-state index contributed by atoms with van der Waals surface area (Å²) in [6.45, 7) is 2.04. The smallest absolute Gasteiger partial charge is 0 e. The van der Waals surface area contributed by atoms with Crippen LogP contribution in [0.25, 0.3) is 0 Å². The molecular weight excluding hydrogens is 191 g/mol. The predicted molar refractivity (Wildman–Crippen MR) is 29.2 cm³/mol. The predicted octanol–water partition coefficient (Wildman–Crippen LogP) is 0.175. The first-order valence-corrected chi connectivity index (χ1v) is 2.60. The Bertz CT molecular complexity index is 172. The summed E-state index contributed by atoms with van der Waals surface area (Å²) < 4.78 is 1.79. The second kappa shape index (κ2) is 4.12. The van der Waals surface area contributed by atoms with Crippen molar-refractivity contribution in [3.8, 4) is 0 Å². The Hall–Kier alpha value is 0.244. The molecule has 0 N–H and O–H groups in total. The van der Waals surface area contributed by atoms with E-state index in [1.165, 1.54) is 0 Å². The molecule has 1 aromatic rings. The first-order valence-electron chi connectivity index (χ1n) is 2.60. The molecule has 4 heteroatoms. The van der Waals surface area contributed by atoms with Crippen LogP contribution in [0, 0.1) is 6.33 Å². The van der Waals surface area contributed by atoms with Crippen LogP contribution in [-0.4, -0.2) is 14.8 Å². The Morgan fingerprint density at radius 2 is 2.33 bits per heavy atom. The summed E-state index contributed by atoms with van der Waals surface area (Å²) in [5.74, 6) is 0.977. The second-order valence-corrected chi connectivity index (χ2v) is 1.63. The molecule has 1 rings (SSSR count). The molecule has 0 saturated heterocycles. The summed E-state index contributed by atoms with van der Waals surface area (Å²) in [6.07, 6.45) is 3.60. The van der Waals surface area contributed by atoms with Crippen molar-refractivity contribution >= 4 is 0 Å². The molecule has 0 aromatic carbocycles. The number of aryl methyl sites for hydroxylation is 2. The van der Waals surface area contributed by atoms with Crippen LogP contribution in [0.2, 0.25) is 0 Å². The molecule has 1 aromatic heterocycles. The summed E-state index contributed by atoms with van der Waals surface area (Å²) in [4.78, 5) is 0. The summed E-state index contributed by atoms with van der Waals surface area (Å²) in [5.41, 5.74) is 0. The van der Waals surface area contributed by atoms with E-state index in [0.29, 0.717) is 0 Å². The van der Waals surface area contributed by atoms with Crippen molar-refractivity contribution in [1.29, 1.82) is 0 Å². The van der Waals surface area contributed by atoms with Crippen LogP contribution in [0.15, 0.2) is 0 Å². The van der Waals surface area contributed by atoms with Gasteiger partial charge in [-0.3, -0.25) is 10.2 Å².